The molecule has 29 heavy (non-hydrogen) atoms. The summed E-state index contributed by atoms with van der Waals surface area (Å²) in [7, 11) is 0. The Morgan fingerprint density at radius 3 is 2.28 bits per heavy atom. The molecule has 0 aromatic heterocycles. The Morgan fingerprint density at radius 1 is 0.931 bits per heavy atom. The number of nitrogens with two attached hydrogens (primary N) is 1. The van der Waals surface area contributed by atoms with Crippen LogP contribution in [0.25, 0.3) is 0 Å². The maximum absolute atomic E-state index is 10.7. The Labute approximate surface area is 171 Å². The van der Waals surface area contributed by atoms with Crippen LogP contribution in [-0.4, -0.2) is 32.1 Å². The number of primary amides is 1. The molecule has 0 atom stereocenters. The molecule has 3 N–H and O–H groups in total. The molecule has 0 unspecified atom stereocenters. The van der Waals surface area contributed by atoms with Gasteiger partial charge in [-0.25, -0.2) is 10.2 Å². The molecule has 7 nitrogen and oxygen atoms in total. The molecule has 0 aliphatic heterocycles. The summed E-state index contributed by atoms with van der Waals surface area (Å²) in [6.45, 7) is 3.69. The molecule has 0 saturated heterocycles. The van der Waals surface area contributed by atoms with Crippen molar-refractivity contribution in [2.45, 2.75) is 32.6 Å². The topological polar surface area (TPSA) is 95.2 Å². The minimum absolute atomic E-state index is 0.365. The number of amides is 2. The Kier molecular flexibility index (Phi) is 9.93. The molecule has 0 aliphatic rings. The highest BCUT2D eigenvalue weighted by atomic mass is 16.5. The maximum atomic E-state index is 10.7. The average Bonchev–Trinajstić information content (AvgIpc) is 2.73. The number of hydrogen-bond donors (Lipinski definition) is 2. The third-order valence-corrected chi connectivity index (χ3v) is 4.00. The van der Waals surface area contributed by atoms with Crippen molar-refractivity contribution in [3.8, 4) is 17.2 Å². The number of rotatable bonds is 13. The molecule has 0 saturated carbocycles. The van der Waals surface area contributed by atoms with Crippen molar-refractivity contribution in [2.75, 3.05) is 19.8 Å². The minimum atomic E-state index is -0.721. The third-order valence-electron chi connectivity index (χ3n) is 4.00. The monoisotopic (exact) mass is 399 g/mol. The number of nitrogens with one attached hydrogen (secondary N) is 1. The van der Waals surface area contributed by atoms with Crippen molar-refractivity contribution in [3.63, 3.8) is 0 Å². The normalized spacial score (nSPS) is 10.7. The van der Waals surface area contributed by atoms with Gasteiger partial charge in [-0.15, -0.1) is 0 Å². The van der Waals surface area contributed by atoms with Crippen LogP contribution in [0, 0.1) is 0 Å². The SMILES string of the molecule is CCCCCCOc1ccc(OCCOc2ccccc2C=NNC(N)=O)cc1. The number of ether oxygens (including phenoxy) is 3. The second-order valence-electron chi connectivity index (χ2n) is 6.35. The molecule has 2 rings (SSSR count). The number of urea groups is 1. The third kappa shape index (κ3) is 9.01. The van der Waals surface area contributed by atoms with Gasteiger partial charge < -0.3 is 19.9 Å². The van der Waals surface area contributed by atoms with Gasteiger partial charge in [-0.3, -0.25) is 0 Å². The highest BCUT2D eigenvalue weighted by Crippen LogP contribution is 2.19. The fourth-order valence-corrected chi connectivity index (χ4v) is 2.55. The van der Waals surface area contributed by atoms with Crippen LogP contribution in [0.15, 0.2) is 53.6 Å². The summed E-state index contributed by atoms with van der Waals surface area (Å²) >= 11 is 0. The molecule has 2 aromatic rings. The Bertz CT molecular complexity index is 763. The molecule has 0 spiro atoms. The number of carbonyl (C=O) groups excluding carboxylic acids is 1. The fraction of sp³-hybridized carbons (Fsp3) is 0.364. The highest BCUT2D eigenvalue weighted by Gasteiger charge is 2.02. The van der Waals surface area contributed by atoms with Gasteiger partial charge in [0.25, 0.3) is 0 Å². The Balaban J connectivity index is 1.71. The zero-order valence-corrected chi connectivity index (χ0v) is 16.8. The zero-order valence-electron chi connectivity index (χ0n) is 16.8. The highest BCUT2D eigenvalue weighted by molar-refractivity contribution is 5.84. The van der Waals surface area contributed by atoms with E-state index in [0.29, 0.717) is 19.0 Å². The first-order valence-corrected chi connectivity index (χ1v) is 9.85. The number of benzene rings is 2. The van der Waals surface area contributed by atoms with Gasteiger partial charge in [0.1, 0.15) is 30.5 Å². The summed E-state index contributed by atoms with van der Waals surface area (Å²) in [4.78, 5) is 10.7. The van der Waals surface area contributed by atoms with Crippen molar-refractivity contribution < 1.29 is 19.0 Å². The van der Waals surface area contributed by atoms with E-state index in [2.05, 4.69) is 17.5 Å². The molecule has 0 fully saturated rings. The van der Waals surface area contributed by atoms with Gasteiger partial charge in [0.05, 0.1) is 12.8 Å². The van der Waals surface area contributed by atoms with Gasteiger partial charge in [0, 0.05) is 5.56 Å². The summed E-state index contributed by atoms with van der Waals surface area (Å²) in [5, 5.41) is 3.75. The summed E-state index contributed by atoms with van der Waals surface area (Å²) in [5.74, 6) is 2.24. The first kappa shape index (κ1) is 22.1. The van der Waals surface area contributed by atoms with E-state index in [-0.39, 0.29) is 0 Å². The molecule has 0 heterocycles. The predicted molar refractivity (Wildman–Crippen MR) is 114 cm³/mol. The van der Waals surface area contributed by atoms with E-state index in [0.717, 1.165) is 30.1 Å². The lowest BCUT2D eigenvalue weighted by atomic mass is 10.2. The molecular formula is C22H29N3O4. The van der Waals surface area contributed by atoms with E-state index in [1.165, 1.54) is 25.5 Å². The molecule has 7 heteroatoms. The largest absolute Gasteiger partial charge is 0.494 e. The minimum Gasteiger partial charge on any atom is -0.494 e. The molecule has 2 aromatic carbocycles. The average molecular weight is 399 g/mol. The number of unbranched alkanes of at least 4 members (excludes halogenated alkanes) is 3. The maximum Gasteiger partial charge on any atom is 0.332 e. The van der Waals surface area contributed by atoms with E-state index in [9.17, 15) is 4.79 Å². The number of hydrazone groups is 1. The second kappa shape index (κ2) is 13.0. The molecule has 0 aliphatic carbocycles. The lowest BCUT2D eigenvalue weighted by Crippen LogP contribution is -2.24. The van der Waals surface area contributed by atoms with E-state index in [1.807, 2.05) is 48.5 Å². The molecule has 2 amide bonds. The van der Waals surface area contributed by atoms with Crippen molar-refractivity contribution in [3.05, 3.63) is 54.1 Å². The van der Waals surface area contributed by atoms with Crippen LogP contribution in [0.1, 0.15) is 38.2 Å². The number of hydrogen-bond acceptors (Lipinski definition) is 5. The van der Waals surface area contributed by atoms with Crippen molar-refractivity contribution in [1.82, 2.24) is 5.43 Å². The van der Waals surface area contributed by atoms with Crippen LogP contribution < -0.4 is 25.4 Å². The van der Waals surface area contributed by atoms with Crippen LogP contribution in [0.4, 0.5) is 4.79 Å². The van der Waals surface area contributed by atoms with Gasteiger partial charge in [-0.1, -0.05) is 38.3 Å². The van der Waals surface area contributed by atoms with E-state index in [4.69, 9.17) is 19.9 Å². The molecule has 156 valence electrons. The summed E-state index contributed by atoms with van der Waals surface area (Å²) < 4.78 is 17.2. The Hall–Kier alpha value is -3.22. The lowest BCUT2D eigenvalue weighted by molar-refractivity contribution is 0.216. The predicted octanol–water partition coefficient (Wildman–Crippen LogP) is 4.11. The van der Waals surface area contributed by atoms with Crippen LogP contribution in [0.5, 0.6) is 17.2 Å². The van der Waals surface area contributed by atoms with Crippen molar-refractivity contribution in [1.29, 1.82) is 0 Å². The van der Waals surface area contributed by atoms with Crippen LogP contribution in [0.3, 0.4) is 0 Å². The van der Waals surface area contributed by atoms with Gasteiger partial charge in [-0.05, 0) is 42.8 Å². The van der Waals surface area contributed by atoms with Crippen molar-refractivity contribution in [2.24, 2.45) is 10.8 Å². The standard InChI is InChI=1S/C22H29N3O4/c1-2-3-4-7-14-27-19-10-12-20(13-11-19)28-15-16-29-21-9-6-5-8-18(21)17-24-25-22(23)26/h5-6,8-13,17H,2-4,7,14-16H2,1H3,(H3,23,25,26). The zero-order chi connectivity index (χ0) is 20.7. The fourth-order valence-electron chi connectivity index (χ4n) is 2.55. The number of nitrogens with zero attached hydrogens (tertiary/aromatic N) is 1. The summed E-state index contributed by atoms with van der Waals surface area (Å²) in [5.41, 5.74) is 7.86. The van der Waals surface area contributed by atoms with Crippen LogP contribution >= 0.6 is 0 Å². The number of carbonyl (C=O) groups is 1. The quantitative estimate of drug-likeness (QED) is 0.301. The smallest absolute Gasteiger partial charge is 0.332 e. The van der Waals surface area contributed by atoms with Crippen molar-refractivity contribution >= 4 is 12.2 Å². The first-order valence-electron chi connectivity index (χ1n) is 9.85. The Morgan fingerprint density at radius 2 is 1.59 bits per heavy atom. The van der Waals surface area contributed by atoms with Gasteiger partial charge in [0.2, 0.25) is 0 Å². The van der Waals surface area contributed by atoms with Gasteiger partial charge in [-0.2, -0.15) is 5.10 Å². The first-order chi connectivity index (χ1) is 14.2. The van der Waals surface area contributed by atoms with E-state index < -0.39 is 6.03 Å². The van der Waals surface area contributed by atoms with Gasteiger partial charge in [0.15, 0.2) is 0 Å². The molecule has 0 radical (unpaired) electrons. The van der Waals surface area contributed by atoms with E-state index in [1.54, 1.807) is 0 Å². The molecular weight excluding hydrogens is 370 g/mol. The van der Waals surface area contributed by atoms with Crippen LogP contribution in [0.2, 0.25) is 0 Å². The molecule has 0 bridgehead atoms. The van der Waals surface area contributed by atoms with E-state index >= 15 is 0 Å². The second-order valence-corrected chi connectivity index (χ2v) is 6.35. The number of para-hydroxylation sites is 1. The van der Waals surface area contributed by atoms with Crippen LogP contribution in [-0.2, 0) is 0 Å². The summed E-state index contributed by atoms with van der Waals surface area (Å²) in [6.07, 6.45) is 6.23. The lowest BCUT2D eigenvalue weighted by Gasteiger charge is -2.11. The van der Waals surface area contributed by atoms with Gasteiger partial charge >= 0.3 is 6.03 Å². The summed E-state index contributed by atoms with van der Waals surface area (Å²) in [6, 6.07) is 14.2.